The molecule has 0 unspecified atom stereocenters. The van der Waals surface area contributed by atoms with Gasteiger partial charge in [-0.05, 0) is 37.5 Å². The molecule has 0 saturated heterocycles. The molecule has 5 nitrogen and oxygen atoms in total. The maximum Gasteiger partial charge on any atom is 0.309 e. The van der Waals surface area contributed by atoms with Crippen LogP contribution in [0.2, 0.25) is 0 Å². The van der Waals surface area contributed by atoms with Gasteiger partial charge in [-0.15, -0.1) is 0 Å². The molecule has 0 atom stereocenters. The first-order valence-electron chi connectivity index (χ1n) is 6.01. The van der Waals surface area contributed by atoms with E-state index in [2.05, 4.69) is 10.6 Å². The van der Waals surface area contributed by atoms with Gasteiger partial charge in [-0.3, -0.25) is 9.59 Å². The number of carbonyl (C=O) groups is 2. The van der Waals surface area contributed by atoms with Crippen LogP contribution >= 0.6 is 0 Å². The van der Waals surface area contributed by atoms with Crippen molar-refractivity contribution in [3.8, 4) is 0 Å². The highest BCUT2D eigenvalue weighted by atomic mass is 16.2. The van der Waals surface area contributed by atoms with E-state index in [-0.39, 0.29) is 6.04 Å². The predicted molar refractivity (Wildman–Crippen MR) is 59.4 cm³/mol. The molecule has 0 radical (unpaired) electrons. The Morgan fingerprint density at radius 1 is 1.12 bits per heavy atom. The van der Waals surface area contributed by atoms with E-state index in [0.717, 1.165) is 0 Å². The number of rotatable bonds is 5. The lowest BCUT2D eigenvalue weighted by molar-refractivity contribution is -0.139. The molecule has 0 aromatic heterocycles. The quantitative estimate of drug-likeness (QED) is 0.544. The molecule has 0 heterocycles. The summed E-state index contributed by atoms with van der Waals surface area (Å²) in [6, 6.07) is 0.233. The molecule has 2 aliphatic rings. The SMILES string of the molecule is NCCNC(=O)C(=O)NC(C1CC1)C1CC1. The van der Waals surface area contributed by atoms with Crippen molar-refractivity contribution in [2.75, 3.05) is 13.1 Å². The van der Waals surface area contributed by atoms with Gasteiger partial charge >= 0.3 is 11.8 Å². The number of hydrogen-bond acceptors (Lipinski definition) is 3. The smallest absolute Gasteiger partial charge is 0.309 e. The van der Waals surface area contributed by atoms with E-state index < -0.39 is 11.8 Å². The van der Waals surface area contributed by atoms with Gasteiger partial charge in [0.2, 0.25) is 0 Å². The topological polar surface area (TPSA) is 84.2 Å². The molecule has 4 N–H and O–H groups in total. The van der Waals surface area contributed by atoms with Gasteiger partial charge in [-0.2, -0.15) is 0 Å². The van der Waals surface area contributed by atoms with Crippen LogP contribution in [0, 0.1) is 11.8 Å². The van der Waals surface area contributed by atoms with Crippen molar-refractivity contribution in [3.05, 3.63) is 0 Å². The van der Waals surface area contributed by atoms with E-state index in [1.165, 1.54) is 25.7 Å². The Morgan fingerprint density at radius 3 is 2.12 bits per heavy atom. The summed E-state index contributed by atoms with van der Waals surface area (Å²) in [5.74, 6) is 0.159. The second-order valence-corrected chi connectivity index (χ2v) is 4.72. The van der Waals surface area contributed by atoms with Crippen LogP contribution in [0.15, 0.2) is 0 Å². The third-order valence-corrected chi connectivity index (χ3v) is 3.19. The van der Waals surface area contributed by atoms with Crippen LogP contribution in [0.1, 0.15) is 25.7 Å². The van der Waals surface area contributed by atoms with Gasteiger partial charge in [-0.1, -0.05) is 0 Å². The summed E-state index contributed by atoms with van der Waals surface area (Å²) < 4.78 is 0. The minimum absolute atomic E-state index is 0.233. The van der Waals surface area contributed by atoms with E-state index in [0.29, 0.717) is 24.9 Å². The first-order valence-corrected chi connectivity index (χ1v) is 6.01. The molecule has 16 heavy (non-hydrogen) atoms. The van der Waals surface area contributed by atoms with Crippen molar-refractivity contribution < 1.29 is 9.59 Å². The molecule has 2 amide bonds. The minimum Gasteiger partial charge on any atom is -0.347 e. The standard InChI is InChI=1S/C11H19N3O2/c12-5-6-13-10(15)11(16)14-9(7-1-2-7)8-3-4-8/h7-9H,1-6,12H2,(H,13,15)(H,14,16). The Kier molecular flexibility index (Phi) is 3.43. The zero-order valence-corrected chi connectivity index (χ0v) is 9.37. The van der Waals surface area contributed by atoms with Crippen LogP contribution in [0.4, 0.5) is 0 Å². The zero-order chi connectivity index (χ0) is 11.5. The Bertz CT molecular complexity index is 273. The molecule has 2 aliphatic carbocycles. The normalized spacial score (nSPS) is 19.6. The summed E-state index contributed by atoms with van der Waals surface area (Å²) in [6.45, 7) is 0.706. The number of nitrogens with two attached hydrogens (primary N) is 1. The molecule has 0 aromatic carbocycles. The third-order valence-electron chi connectivity index (χ3n) is 3.19. The molecule has 90 valence electrons. The minimum atomic E-state index is -0.559. The third kappa shape index (κ3) is 2.95. The van der Waals surface area contributed by atoms with Crippen molar-refractivity contribution in [1.29, 1.82) is 0 Å². The lowest BCUT2D eigenvalue weighted by Crippen LogP contribution is -2.47. The van der Waals surface area contributed by atoms with Gasteiger partial charge in [0.1, 0.15) is 0 Å². The van der Waals surface area contributed by atoms with Gasteiger partial charge in [-0.25, -0.2) is 0 Å². The first-order chi connectivity index (χ1) is 7.72. The Balaban J connectivity index is 1.77. The van der Waals surface area contributed by atoms with Crippen LogP contribution in [0.5, 0.6) is 0 Å². The molecule has 2 fully saturated rings. The summed E-state index contributed by atoms with van der Waals surface area (Å²) in [4.78, 5) is 22.9. The fraction of sp³-hybridized carbons (Fsp3) is 0.818. The monoisotopic (exact) mass is 225 g/mol. The van der Waals surface area contributed by atoms with Crippen LogP contribution in [0.25, 0.3) is 0 Å². The fourth-order valence-corrected chi connectivity index (χ4v) is 2.01. The van der Waals surface area contributed by atoms with Gasteiger partial charge in [0, 0.05) is 19.1 Å². The molecule has 2 saturated carbocycles. The highest BCUT2D eigenvalue weighted by molar-refractivity contribution is 6.35. The number of nitrogens with one attached hydrogen (secondary N) is 2. The highest BCUT2D eigenvalue weighted by Gasteiger charge is 2.42. The van der Waals surface area contributed by atoms with Crippen molar-refractivity contribution in [2.24, 2.45) is 17.6 Å². The maximum absolute atomic E-state index is 11.6. The van der Waals surface area contributed by atoms with Gasteiger partial charge in [0.05, 0.1) is 0 Å². The van der Waals surface area contributed by atoms with Crippen molar-refractivity contribution in [2.45, 2.75) is 31.7 Å². The molecule has 0 aliphatic heterocycles. The summed E-state index contributed by atoms with van der Waals surface area (Å²) >= 11 is 0. The largest absolute Gasteiger partial charge is 0.347 e. The summed E-state index contributed by atoms with van der Waals surface area (Å²) in [5.41, 5.74) is 5.25. The number of hydrogen-bond donors (Lipinski definition) is 3. The summed E-state index contributed by atoms with van der Waals surface area (Å²) in [6.07, 6.45) is 4.75. The van der Waals surface area contributed by atoms with E-state index in [9.17, 15) is 9.59 Å². The number of amides is 2. The Labute approximate surface area is 95.1 Å². The number of carbonyl (C=O) groups excluding carboxylic acids is 2. The van der Waals surface area contributed by atoms with E-state index in [1.54, 1.807) is 0 Å². The summed E-state index contributed by atoms with van der Waals surface area (Å²) in [5, 5.41) is 5.34. The lowest BCUT2D eigenvalue weighted by atomic mass is 10.1. The Morgan fingerprint density at radius 2 is 1.69 bits per heavy atom. The molecule has 2 rings (SSSR count). The summed E-state index contributed by atoms with van der Waals surface area (Å²) in [7, 11) is 0. The zero-order valence-electron chi connectivity index (χ0n) is 9.37. The van der Waals surface area contributed by atoms with Crippen molar-refractivity contribution in [3.63, 3.8) is 0 Å². The first kappa shape index (κ1) is 11.4. The Hall–Kier alpha value is -1.10. The van der Waals surface area contributed by atoms with E-state index >= 15 is 0 Å². The predicted octanol–water partition coefficient (Wildman–Crippen LogP) is -0.634. The van der Waals surface area contributed by atoms with Gasteiger partial charge in [0.15, 0.2) is 0 Å². The molecular weight excluding hydrogens is 206 g/mol. The van der Waals surface area contributed by atoms with Gasteiger partial charge < -0.3 is 16.4 Å². The average Bonchev–Trinajstić information content (AvgIpc) is 3.15. The van der Waals surface area contributed by atoms with Gasteiger partial charge in [0.25, 0.3) is 0 Å². The molecule has 5 heteroatoms. The second kappa shape index (κ2) is 4.82. The maximum atomic E-state index is 11.6. The van der Waals surface area contributed by atoms with Crippen LogP contribution in [-0.4, -0.2) is 30.9 Å². The molecule has 0 spiro atoms. The van der Waals surface area contributed by atoms with E-state index in [4.69, 9.17) is 5.73 Å². The van der Waals surface area contributed by atoms with Crippen LogP contribution in [0.3, 0.4) is 0 Å². The van der Waals surface area contributed by atoms with Crippen LogP contribution in [-0.2, 0) is 9.59 Å². The van der Waals surface area contributed by atoms with E-state index in [1.807, 2.05) is 0 Å². The highest BCUT2D eigenvalue weighted by Crippen LogP contribution is 2.44. The average molecular weight is 225 g/mol. The fourth-order valence-electron chi connectivity index (χ4n) is 2.01. The van der Waals surface area contributed by atoms with Crippen molar-refractivity contribution in [1.82, 2.24) is 10.6 Å². The molecular formula is C11H19N3O2. The van der Waals surface area contributed by atoms with Crippen molar-refractivity contribution >= 4 is 11.8 Å². The molecule has 0 bridgehead atoms. The second-order valence-electron chi connectivity index (χ2n) is 4.72. The lowest BCUT2D eigenvalue weighted by Gasteiger charge is -2.17. The molecule has 0 aromatic rings. The van der Waals surface area contributed by atoms with Crippen LogP contribution < -0.4 is 16.4 Å².